The second-order valence-electron chi connectivity index (χ2n) is 5.14. The summed E-state index contributed by atoms with van der Waals surface area (Å²) in [5.41, 5.74) is 3.01. The van der Waals surface area contributed by atoms with Gasteiger partial charge in [0.25, 0.3) is 5.91 Å². The van der Waals surface area contributed by atoms with Crippen molar-refractivity contribution in [2.75, 3.05) is 5.32 Å². The minimum absolute atomic E-state index is 0.116. The molecule has 0 saturated heterocycles. The number of rotatable bonds is 5. The number of hydrogen-bond acceptors (Lipinski definition) is 2. The summed E-state index contributed by atoms with van der Waals surface area (Å²) in [6, 6.07) is 15.4. The van der Waals surface area contributed by atoms with Gasteiger partial charge in [0.05, 0.1) is 0 Å². The number of para-hydroxylation sites is 1. The van der Waals surface area contributed by atoms with Gasteiger partial charge >= 0.3 is 0 Å². The third kappa shape index (κ3) is 4.09. The van der Waals surface area contributed by atoms with Crippen molar-refractivity contribution in [2.45, 2.75) is 33.3 Å². The van der Waals surface area contributed by atoms with E-state index in [-0.39, 0.29) is 5.91 Å². The number of aryl methyl sites for hydroxylation is 2. The van der Waals surface area contributed by atoms with E-state index in [0.717, 1.165) is 16.8 Å². The molecular weight excluding hydrogens is 262 g/mol. The number of ether oxygens (including phenoxy) is 1. The van der Waals surface area contributed by atoms with Crippen LogP contribution in [-0.4, -0.2) is 12.0 Å². The highest BCUT2D eigenvalue weighted by molar-refractivity contribution is 5.95. The van der Waals surface area contributed by atoms with Crippen molar-refractivity contribution in [1.29, 1.82) is 0 Å². The van der Waals surface area contributed by atoms with E-state index in [2.05, 4.69) is 5.32 Å². The molecule has 0 aromatic heterocycles. The molecule has 3 heteroatoms. The Kier molecular flexibility index (Phi) is 4.99. The first kappa shape index (κ1) is 15.1. The molecule has 1 amide bonds. The summed E-state index contributed by atoms with van der Waals surface area (Å²) in [5.74, 6) is 0.593. The molecule has 0 aliphatic carbocycles. The number of anilines is 1. The van der Waals surface area contributed by atoms with E-state index in [1.807, 2.05) is 69.3 Å². The fourth-order valence-electron chi connectivity index (χ4n) is 2.07. The van der Waals surface area contributed by atoms with Gasteiger partial charge in [-0.25, -0.2) is 0 Å². The summed E-state index contributed by atoms with van der Waals surface area (Å²) in [7, 11) is 0. The van der Waals surface area contributed by atoms with Crippen LogP contribution in [-0.2, 0) is 4.79 Å². The first-order valence-electron chi connectivity index (χ1n) is 7.20. The van der Waals surface area contributed by atoms with Crippen LogP contribution in [0.5, 0.6) is 5.75 Å². The molecule has 0 radical (unpaired) electrons. The molecule has 110 valence electrons. The minimum Gasteiger partial charge on any atom is -0.481 e. The molecule has 3 nitrogen and oxygen atoms in total. The lowest BCUT2D eigenvalue weighted by atomic mass is 10.1. The molecule has 2 aromatic rings. The Hall–Kier alpha value is -2.29. The summed E-state index contributed by atoms with van der Waals surface area (Å²) < 4.78 is 5.76. The maximum atomic E-state index is 12.4. The van der Waals surface area contributed by atoms with Crippen LogP contribution in [0.1, 0.15) is 24.5 Å². The zero-order valence-electron chi connectivity index (χ0n) is 12.7. The Morgan fingerprint density at radius 1 is 1.14 bits per heavy atom. The fourth-order valence-corrected chi connectivity index (χ4v) is 2.07. The van der Waals surface area contributed by atoms with Crippen molar-refractivity contribution in [3.05, 3.63) is 59.7 Å². The van der Waals surface area contributed by atoms with Gasteiger partial charge in [-0.1, -0.05) is 37.3 Å². The van der Waals surface area contributed by atoms with Crippen LogP contribution in [0.25, 0.3) is 0 Å². The van der Waals surface area contributed by atoms with E-state index in [9.17, 15) is 4.79 Å². The number of carbonyl (C=O) groups is 1. The van der Waals surface area contributed by atoms with Crippen molar-refractivity contribution in [1.82, 2.24) is 0 Å². The average Bonchev–Trinajstić information content (AvgIpc) is 2.49. The van der Waals surface area contributed by atoms with Crippen LogP contribution in [0.3, 0.4) is 0 Å². The number of nitrogens with one attached hydrogen (secondary N) is 1. The Labute approximate surface area is 126 Å². The standard InChI is InChI=1S/C18H21NO2/c1-4-17(21-15-8-6-5-7-9-15)18(20)19-16-12-13(2)10-11-14(16)3/h5-12,17H,4H2,1-3H3,(H,19,20)/t17-/m1/s1. The van der Waals surface area contributed by atoms with E-state index < -0.39 is 6.10 Å². The van der Waals surface area contributed by atoms with Gasteiger partial charge in [-0.2, -0.15) is 0 Å². The smallest absolute Gasteiger partial charge is 0.265 e. The Balaban J connectivity index is 2.08. The number of benzene rings is 2. The maximum Gasteiger partial charge on any atom is 0.265 e. The average molecular weight is 283 g/mol. The molecule has 0 aliphatic heterocycles. The van der Waals surface area contributed by atoms with E-state index in [1.165, 1.54) is 0 Å². The molecule has 0 bridgehead atoms. The number of hydrogen-bond donors (Lipinski definition) is 1. The van der Waals surface area contributed by atoms with Gasteiger partial charge in [-0.3, -0.25) is 4.79 Å². The van der Waals surface area contributed by atoms with E-state index >= 15 is 0 Å². The molecule has 1 N–H and O–H groups in total. The summed E-state index contributed by atoms with van der Waals surface area (Å²) in [6.45, 7) is 5.93. The second kappa shape index (κ2) is 6.93. The summed E-state index contributed by atoms with van der Waals surface area (Å²) in [4.78, 5) is 12.4. The predicted octanol–water partition coefficient (Wildman–Crippen LogP) is 4.10. The lowest BCUT2D eigenvalue weighted by Gasteiger charge is -2.18. The van der Waals surface area contributed by atoms with E-state index in [4.69, 9.17) is 4.74 Å². The molecule has 0 unspecified atom stereocenters. The highest BCUT2D eigenvalue weighted by atomic mass is 16.5. The van der Waals surface area contributed by atoms with Crippen molar-refractivity contribution in [3.8, 4) is 5.75 Å². The molecule has 1 atom stereocenters. The van der Waals surface area contributed by atoms with Crippen LogP contribution in [0, 0.1) is 13.8 Å². The highest BCUT2D eigenvalue weighted by Crippen LogP contribution is 2.18. The molecule has 0 heterocycles. The first-order valence-corrected chi connectivity index (χ1v) is 7.20. The van der Waals surface area contributed by atoms with E-state index in [1.54, 1.807) is 0 Å². The SMILES string of the molecule is CC[C@@H](Oc1ccccc1)C(=O)Nc1cc(C)ccc1C. The Morgan fingerprint density at radius 2 is 1.86 bits per heavy atom. The Bertz CT molecular complexity index is 608. The molecule has 0 saturated carbocycles. The predicted molar refractivity (Wildman–Crippen MR) is 85.7 cm³/mol. The highest BCUT2D eigenvalue weighted by Gasteiger charge is 2.19. The third-order valence-electron chi connectivity index (χ3n) is 3.34. The van der Waals surface area contributed by atoms with Crippen LogP contribution >= 0.6 is 0 Å². The van der Waals surface area contributed by atoms with Crippen LogP contribution in [0.15, 0.2) is 48.5 Å². The molecule has 0 aliphatic rings. The van der Waals surface area contributed by atoms with Gasteiger partial charge in [0.15, 0.2) is 6.10 Å². The van der Waals surface area contributed by atoms with E-state index in [0.29, 0.717) is 12.2 Å². The second-order valence-corrected chi connectivity index (χ2v) is 5.14. The molecule has 0 fully saturated rings. The molecule has 21 heavy (non-hydrogen) atoms. The zero-order valence-corrected chi connectivity index (χ0v) is 12.7. The van der Waals surface area contributed by atoms with Crippen molar-refractivity contribution >= 4 is 11.6 Å². The van der Waals surface area contributed by atoms with Gasteiger partial charge < -0.3 is 10.1 Å². The summed E-state index contributed by atoms with van der Waals surface area (Å²) >= 11 is 0. The first-order chi connectivity index (χ1) is 10.1. The number of amides is 1. The normalized spacial score (nSPS) is 11.8. The quantitative estimate of drug-likeness (QED) is 0.897. The lowest BCUT2D eigenvalue weighted by Crippen LogP contribution is -2.32. The maximum absolute atomic E-state index is 12.4. The van der Waals surface area contributed by atoms with Gasteiger partial charge in [0.1, 0.15) is 5.75 Å². The zero-order chi connectivity index (χ0) is 15.2. The van der Waals surface area contributed by atoms with Gasteiger partial charge in [0.2, 0.25) is 0 Å². The monoisotopic (exact) mass is 283 g/mol. The molecular formula is C18H21NO2. The van der Waals surface area contributed by atoms with Gasteiger partial charge in [0, 0.05) is 5.69 Å². The van der Waals surface area contributed by atoms with Crippen molar-refractivity contribution in [3.63, 3.8) is 0 Å². The summed E-state index contributed by atoms with van der Waals surface area (Å²) in [6.07, 6.45) is 0.123. The lowest BCUT2D eigenvalue weighted by molar-refractivity contribution is -0.122. The van der Waals surface area contributed by atoms with Gasteiger partial charge in [-0.15, -0.1) is 0 Å². The molecule has 0 spiro atoms. The Morgan fingerprint density at radius 3 is 2.52 bits per heavy atom. The van der Waals surface area contributed by atoms with Gasteiger partial charge in [-0.05, 0) is 49.6 Å². The fraction of sp³-hybridized carbons (Fsp3) is 0.278. The largest absolute Gasteiger partial charge is 0.481 e. The topological polar surface area (TPSA) is 38.3 Å². The van der Waals surface area contributed by atoms with Crippen LogP contribution in [0.2, 0.25) is 0 Å². The minimum atomic E-state index is -0.493. The van der Waals surface area contributed by atoms with Crippen molar-refractivity contribution in [2.24, 2.45) is 0 Å². The summed E-state index contributed by atoms with van der Waals surface area (Å²) in [5, 5.41) is 2.96. The number of carbonyl (C=O) groups excluding carboxylic acids is 1. The third-order valence-corrected chi connectivity index (χ3v) is 3.34. The molecule has 2 rings (SSSR count). The van der Waals surface area contributed by atoms with Crippen LogP contribution in [0.4, 0.5) is 5.69 Å². The van der Waals surface area contributed by atoms with Crippen LogP contribution < -0.4 is 10.1 Å². The molecule has 2 aromatic carbocycles. The van der Waals surface area contributed by atoms with Crippen molar-refractivity contribution < 1.29 is 9.53 Å².